The molecule has 0 unspecified atom stereocenters. The van der Waals surface area contributed by atoms with Crippen LogP contribution in [0.1, 0.15) is 65.8 Å². The van der Waals surface area contributed by atoms with Gasteiger partial charge in [-0.05, 0) is 82.1 Å². The second kappa shape index (κ2) is 7.80. The van der Waals surface area contributed by atoms with Crippen LogP contribution in [0.5, 0.6) is 0 Å². The lowest BCUT2D eigenvalue weighted by molar-refractivity contribution is -0.0468. The molecule has 6 rings (SSSR count). The molecule has 30 heavy (non-hydrogen) atoms. The van der Waals surface area contributed by atoms with Crippen LogP contribution in [0.2, 0.25) is 0 Å². The third-order valence-corrected chi connectivity index (χ3v) is 7.00. The van der Waals surface area contributed by atoms with Crippen molar-refractivity contribution in [1.29, 1.82) is 5.26 Å². The highest BCUT2D eigenvalue weighted by Crippen LogP contribution is 2.59. The van der Waals surface area contributed by atoms with Gasteiger partial charge >= 0.3 is 5.97 Å². The molecular weight excluding hydrogens is 380 g/mol. The second-order valence-electron chi connectivity index (χ2n) is 9.31. The third kappa shape index (κ3) is 3.82. The zero-order valence-electron chi connectivity index (χ0n) is 17.5. The smallest absolute Gasteiger partial charge is 0.339 e. The van der Waals surface area contributed by atoms with Crippen molar-refractivity contribution in [2.75, 3.05) is 6.54 Å². The molecule has 0 amide bonds. The Morgan fingerprint density at radius 3 is 2.33 bits per heavy atom. The van der Waals surface area contributed by atoms with E-state index in [1.54, 1.807) is 13.8 Å². The van der Waals surface area contributed by atoms with E-state index in [0.717, 1.165) is 24.3 Å². The van der Waals surface area contributed by atoms with Gasteiger partial charge in [0.2, 0.25) is 0 Å². The lowest BCUT2D eigenvalue weighted by Crippen LogP contribution is -2.49. The van der Waals surface area contributed by atoms with E-state index in [4.69, 9.17) is 16.1 Å². The number of carboxylic acids is 1. The van der Waals surface area contributed by atoms with Gasteiger partial charge in [-0.2, -0.15) is 15.3 Å². The van der Waals surface area contributed by atoms with Crippen molar-refractivity contribution in [1.82, 2.24) is 19.7 Å². The minimum atomic E-state index is -1.06. The fraction of sp³-hybridized carbons (Fsp3) is 0.591. The standard InChI is InChI=1S/C11H9N5O2.C11H19N/c1-6-4-13-11(14-9(6)3-12)16-5-8(10(17)18)7(2)15-16;12-7-11-4-8-1-9(5-11)3-10(2-8)6-11/h4-5H,1-2H3,(H,17,18);8-10H,1-7,12H2. The van der Waals surface area contributed by atoms with Gasteiger partial charge < -0.3 is 10.8 Å². The first kappa shape index (κ1) is 20.5. The van der Waals surface area contributed by atoms with E-state index in [9.17, 15) is 4.79 Å². The Kier molecular flexibility index (Phi) is 5.33. The first-order chi connectivity index (χ1) is 14.3. The van der Waals surface area contributed by atoms with E-state index >= 15 is 0 Å². The SMILES string of the molecule is Cc1cnc(-n2cc(C(=O)O)c(C)n2)nc1C#N.NCC12CC3CC(CC(C3)C1)C2. The Balaban J connectivity index is 0.000000156. The Labute approximate surface area is 176 Å². The van der Waals surface area contributed by atoms with Gasteiger partial charge in [-0.1, -0.05) is 0 Å². The molecule has 0 aromatic carbocycles. The molecule has 0 atom stereocenters. The molecule has 4 bridgehead atoms. The van der Waals surface area contributed by atoms with E-state index in [1.807, 2.05) is 6.07 Å². The van der Waals surface area contributed by atoms with Gasteiger partial charge in [-0.15, -0.1) is 0 Å². The summed E-state index contributed by atoms with van der Waals surface area (Å²) in [7, 11) is 0. The molecular formula is C22H28N6O2. The molecule has 8 heteroatoms. The van der Waals surface area contributed by atoms with Crippen molar-refractivity contribution < 1.29 is 9.90 Å². The minimum absolute atomic E-state index is 0.0812. The number of hydrogen-bond acceptors (Lipinski definition) is 6. The van der Waals surface area contributed by atoms with Crippen molar-refractivity contribution >= 4 is 5.97 Å². The first-order valence-electron chi connectivity index (χ1n) is 10.6. The van der Waals surface area contributed by atoms with Crippen LogP contribution in [-0.2, 0) is 0 Å². The van der Waals surface area contributed by atoms with Crippen molar-refractivity contribution in [3.05, 3.63) is 34.9 Å². The number of nitriles is 1. The monoisotopic (exact) mass is 408 g/mol. The highest BCUT2D eigenvalue weighted by Gasteiger charge is 2.49. The van der Waals surface area contributed by atoms with Gasteiger partial charge in [0, 0.05) is 18.0 Å². The third-order valence-electron chi connectivity index (χ3n) is 7.00. The second-order valence-corrected chi connectivity index (χ2v) is 9.31. The van der Waals surface area contributed by atoms with E-state index in [-0.39, 0.29) is 17.2 Å². The highest BCUT2D eigenvalue weighted by molar-refractivity contribution is 5.88. The topological polar surface area (TPSA) is 131 Å². The molecule has 0 saturated heterocycles. The summed E-state index contributed by atoms with van der Waals surface area (Å²) in [6, 6.07) is 1.94. The van der Waals surface area contributed by atoms with Crippen LogP contribution in [0.15, 0.2) is 12.4 Å². The predicted molar refractivity (Wildman–Crippen MR) is 110 cm³/mol. The van der Waals surface area contributed by atoms with Crippen LogP contribution in [0.3, 0.4) is 0 Å². The number of aromatic carboxylic acids is 1. The summed E-state index contributed by atoms with van der Waals surface area (Å²) in [6.07, 6.45) is 11.8. The summed E-state index contributed by atoms with van der Waals surface area (Å²) in [5, 5.41) is 21.8. The van der Waals surface area contributed by atoms with Gasteiger partial charge in [0.05, 0.1) is 5.69 Å². The molecule has 0 spiro atoms. The Hall–Kier alpha value is -2.79. The summed E-state index contributed by atoms with van der Waals surface area (Å²) in [5.74, 6) is 2.32. The van der Waals surface area contributed by atoms with Gasteiger partial charge in [-0.3, -0.25) is 0 Å². The Morgan fingerprint density at radius 2 is 1.87 bits per heavy atom. The molecule has 158 valence electrons. The molecule has 2 aromatic heterocycles. The van der Waals surface area contributed by atoms with Gasteiger partial charge in [0.25, 0.3) is 5.95 Å². The number of carboxylic acid groups (broad SMARTS) is 1. The summed E-state index contributed by atoms with van der Waals surface area (Å²) < 4.78 is 1.25. The fourth-order valence-corrected chi connectivity index (χ4v) is 5.97. The Morgan fingerprint density at radius 1 is 1.27 bits per heavy atom. The summed E-state index contributed by atoms with van der Waals surface area (Å²) in [5.41, 5.74) is 7.89. The number of nitrogens with two attached hydrogens (primary N) is 1. The largest absolute Gasteiger partial charge is 0.478 e. The number of aryl methyl sites for hydroxylation is 2. The van der Waals surface area contributed by atoms with E-state index in [1.165, 1.54) is 55.6 Å². The molecule has 0 radical (unpaired) electrons. The first-order valence-corrected chi connectivity index (χ1v) is 10.6. The van der Waals surface area contributed by atoms with Gasteiger partial charge in [-0.25, -0.2) is 14.5 Å². The fourth-order valence-electron chi connectivity index (χ4n) is 5.97. The summed E-state index contributed by atoms with van der Waals surface area (Å²) >= 11 is 0. The average molecular weight is 409 g/mol. The minimum Gasteiger partial charge on any atom is -0.478 e. The van der Waals surface area contributed by atoms with Crippen LogP contribution in [-0.4, -0.2) is 37.4 Å². The van der Waals surface area contributed by atoms with Crippen LogP contribution in [0.4, 0.5) is 0 Å². The number of hydrogen-bond donors (Lipinski definition) is 2. The quantitative estimate of drug-likeness (QED) is 0.798. The summed E-state index contributed by atoms with van der Waals surface area (Å²) in [6.45, 7) is 4.27. The van der Waals surface area contributed by atoms with Gasteiger partial charge in [0.1, 0.15) is 17.3 Å². The maximum absolute atomic E-state index is 10.9. The molecule has 3 N–H and O–H groups in total. The Bertz CT molecular complexity index is 970. The van der Waals surface area contributed by atoms with E-state index in [2.05, 4.69) is 15.1 Å². The van der Waals surface area contributed by atoms with E-state index in [0.29, 0.717) is 16.7 Å². The molecule has 2 aromatic rings. The van der Waals surface area contributed by atoms with Crippen LogP contribution >= 0.6 is 0 Å². The highest BCUT2D eigenvalue weighted by atomic mass is 16.4. The normalized spacial score (nSPS) is 28.5. The zero-order valence-corrected chi connectivity index (χ0v) is 17.5. The van der Waals surface area contributed by atoms with Crippen LogP contribution in [0.25, 0.3) is 5.95 Å². The lowest BCUT2D eigenvalue weighted by atomic mass is 9.50. The lowest BCUT2D eigenvalue weighted by Gasteiger charge is -2.56. The number of nitrogens with zero attached hydrogens (tertiary/aromatic N) is 5. The average Bonchev–Trinajstić information content (AvgIpc) is 3.10. The zero-order chi connectivity index (χ0) is 21.5. The molecule has 4 fully saturated rings. The van der Waals surface area contributed by atoms with E-state index < -0.39 is 5.97 Å². The number of rotatable bonds is 3. The van der Waals surface area contributed by atoms with Crippen LogP contribution in [0, 0.1) is 48.3 Å². The molecule has 4 aliphatic rings. The van der Waals surface area contributed by atoms with Crippen molar-refractivity contribution in [3.63, 3.8) is 0 Å². The molecule has 4 aliphatic carbocycles. The van der Waals surface area contributed by atoms with Crippen LogP contribution < -0.4 is 5.73 Å². The predicted octanol–water partition coefficient (Wildman–Crippen LogP) is 3.01. The number of carbonyl (C=O) groups is 1. The molecule has 0 aliphatic heterocycles. The maximum Gasteiger partial charge on any atom is 0.339 e. The summed E-state index contributed by atoms with van der Waals surface area (Å²) in [4.78, 5) is 18.9. The molecule has 4 saturated carbocycles. The van der Waals surface area contributed by atoms with Crippen molar-refractivity contribution in [2.45, 2.75) is 52.4 Å². The van der Waals surface area contributed by atoms with Crippen molar-refractivity contribution in [3.8, 4) is 12.0 Å². The molecule has 8 nitrogen and oxygen atoms in total. The van der Waals surface area contributed by atoms with Crippen molar-refractivity contribution in [2.24, 2.45) is 28.9 Å². The molecule has 2 heterocycles. The number of aromatic nitrogens is 4. The maximum atomic E-state index is 10.9. The van der Waals surface area contributed by atoms with Gasteiger partial charge in [0.15, 0.2) is 0 Å².